The lowest BCUT2D eigenvalue weighted by molar-refractivity contribution is 1.04. The highest BCUT2D eigenvalue weighted by Gasteiger charge is 2.21. The van der Waals surface area contributed by atoms with E-state index in [2.05, 4.69) is 182 Å². The molecule has 0 aliphatic carbocycles. The fraction of sp³-hybridized carbons (Fsp3) is 0. The van der Waals surface area contributed by atoms with E-state index in [9.17, 15) is 0 Å². The molecule has 0 unspecified atom stereocenters. The van der Waals surface area contributed by atoms with Gasteiger partial charge in [0.1, 0.15) is 0 Å². The Morgan fingerprint density at radius 2 is 1.00 bits per heavy atom. The highest BCUT2D eigenvalue weighted by Crippen LogP contribution is 2.45. The van der Waals surface area contributed by atoms with Crippen molar-refractivity contribution in [1.29, 1.82) is 0 Å². The van der Waals surface area contributed by atoms with E-state index >= 15 is 0 Å². The minimum Gasteiger partial charge on any atom is -0.309 e. The van der Waals surface area contributed by atoms with E-state index < -0.39 is 0 Å². The number of aromatic nitrogens is 4. The Labute approximate surface area is 341 Å². The second-order valence-corrected chi connectivity index (χ2v) is 14.9. The van der Waals surface area contributed by atoms with Gasteiger partial charge in [-0.15, -0.1) is 0 Å². The van der Waals surface area contributed by atoms with E-state index in [1.165, 1.54) is 48.6 Å². The first-order valence-electron chi connectivity index (χ1n) is 19.8. The van der Waals surface area contributed by atoms with Crippen molar-refractivity contribution in [3.05, 3.63) is 213 Å². The molecule has 4 heteroatoms. The largest absolute Gasteiger partial charge is 0.309 e. The smallest absolute Gasteiger partial charge is 0.164 e. The van der Waals surface area contributed by atoms with Crippen molar-refractivity contribution in [2.24, 2.45) is 0 Å². The topological polar surface area (TPSA) is 43.6 Å². The van der Waals surface area contributed by atoms with E-state index in [1.807, 2.05) is 18.2 Å². The number of benzene rings is 9. The summed E-state index contributed by atoms with van der Waals surface area (Å²) in [6, 6.07) is 62.7. The van der Waals surface area contributed by atoms with Crippen LogP contribution in [0.4, 0.5) is 0 Å². The Morgan fingerprint density at radius 3 is 1.64 bits per heavy atom. The molecular weight excluding hydrogens is 717 g/mol. The number of nitrogens with zero attached hydrogens (tertiary/aromatic N) is 4. The summed E-state index contributed by atoms with van der Waals surface area (Å²) in [5, 5.41) is 10.2. The molecule has 0 saturated carbocycles. The average molecular weight is 753 g/mol. The van der Waals surface area contributed by atoms with Crippen molar-refractivity contribution >= 4 is 59.7 Å². The molecule has 0 spiro atoms. The van der Waals surface area contributed by atoms with Crippen molar-refractivity contribution in [1.82, 2.24) is 19.5 Å². The zero-order chi connectivity index (χ0) is 39.5. The molecule has 0 amide bonds. The first-order chi connectivity index (χ1) is 29.2. The first-order valence-corrected chi connectivity index (χ1v) is 19.8. The third kappa shape index (κ3) is 5.65. The molecule has 0 saturated heterocycles. The van der Waals surface area contributed by atoms with Crippen LogP contribution in [0.1, 0.15) is 5.82 Å². The molecule has 11 aromatic rings. The SMILES string of the molecule is C=C/C=C(\C=C)c1nc(-c2ccc(-n3c4ccccc4c4c5cccc6ccc7cccc(c7c65)c43)cc2)nc(-c2cc(-c3ccccc3)cc(-c3ccccc3)c2)n1. The molecule has 0 aliphatic heterocycles. The molecule has 11 rings (SSSR count). The van der Waals surface area contributed by atoms with Gasteiger partial charge in [0.25, 0.3) is 0 Å². The van der Waals surface area contributed by atoms with E-state index in [-0.39, 0.29) is 0 Å². The molecule has 0 bridgehead atoms. The van der Waals surface area contributed by atoms with Crippen LogP contribution < -0.4 is 0 Å². The monoisotopic (exact) mass is 752 g/mol. The summed E-state index contributed by atoms with van der Waals surface area (Å²) in [5.74, 6) is 1.68. The Balaban J connectivity index is 1.11. The fourth-order valence-corrected chi connectivity index (χ4v) is 8.83. The molecule has 59 heavy (non-hydrogen) atoms. The van der Waals surface area contributed by atoms with E-state index in [0.717, 1.165) is 50.2 Å². The predicted octanol–water partition coefficient (Wildman–Crippen LogP) is 14.3. The summed E-state index contributed by atoms with van der Waals surface area (Å²) < 4.78 is 2.42. The highest BCUT2D eigenvalue weighted by molar-refractivity contribution is 6.37. The second-order valence-electron chi connectivity index (χ2n) is 14.9. The van der Waals surface area contributed by atoms with Crippen molar-refractivity contribution in [2.75, 3.05) is 0 Å². The molecule has 0 fully saturated rings. The van der Waals surface area contributed by atoms with Gasteiger partial charge in [0, 0.05) is 38.5 Å². The molecule has 0 aliphatic rings. The molecule has 276 valence electrons. The van der Waals surface area contributed by atoms with Gasteiger partial charge in [-0.05, 0) is 97.7 Å². The van der Waals surface area contributed by atoms with Crippen molar-refractivity contribution in [3.63, 3.8) is 0 Å². The highest BCUT2D eigenvalue weighted by atomic mass is 15.0. The van der Waals surface area contributed by atoms with E-state index in [4.69, 9.17) is 15.0 Å². The van der Waals surface area contributed by atoms with Gasteiger partial charge in [0.05, 0.1) is 11.0 Å². The minimum atomic E-state index is 0.529. The van der Waals surface area contributed by atoms with Gasteiger partial charge < -0.3 is 4.57 Å². The van der Waals surface area contributed by atoms with Gasteiger partial charge in [-0.1, -0.05) is 159 Å². The fourth-order valence-electron chi connectivity index (χ4n) is 8.83. The van der Waals surface area contributed by atoms with Gasteiger partial charge in [-0.3, -0.25) is 0 Å². The quantitative estimate of drug-likeness (QED) is 0.115. The van der Waals surface area contributed by atoms with Crippen LogP contribution in [0.3, 0.4) is 0 Å². The Bertz CT molecular complexity index is 3390. The van der Waals surface area contributed by atoms with Crippen molar-refractivity contribution in [3.8, 4) is 50.7 Å². The van der Waals surface area contributed by atoms with Crippen LogP contribution in [0, 0.1) is 0 Å². The van der Waals surface area contributed by atoms with Crippen LogP contribution in [0.25, 0.3) is 110 Å². The summed E-state index contributed by atoms with van der Waals surface area (Å²) in [5.41, 5.74) is 10.4. The van der Waals surface area contributed by atoms with Crippen LogP contribution in [-0.2, 0) is 0 Å². The van der Waals surface area contributed by atoms with Crippen LogP contribution in [-0.4, -0.2) is 19.5 Å². The number of hydrogen-bond acceptors (Lipinski definition) is 3. The predicted molar refractivity (Wildman–Crippen MR) is 248 cm³/mol. The van der Waals surface area contributed by atoms with Crippen LogP contribution >= 0.6 is 0 Å². The standard InChI is InChI=1S/C55H36N4/c1-3-15-35(4-2)53-56-54(58-55(57-53)43-33-41(36-16-7-5-8-17-36)32-42(34-43)37-18-9-6-10-19-37)40-28-30-44(31-29-40)59-48-25-12-11-22-45(48)51-46-23-13-20-38-26-27-39-21-14-24-47(52(51)59)50(39)49(38)46/h3-34H,1-2H2/b35-15+. The Morgan fingerprint density at radius 1 is 0.441 bits per heavy atom. The maximum absolute atomic E-state index is 5.19. The number of rotatable bonds is 8. The Hall–Kier alpha value is -7.95. The van der Waals surface area contributed by atoms with Gasteiger partial charge in [-0.25, -0.2) is 15.0 Å². The number of allylic oxidation sites excluding steroid dienone is 4. The van der Waals surface area contributed by atoms with Gasteiger partial charge in [-0.2, -0.15) is 0 Å². The summed E-state index contributed by atoms with van der Waals surface area (Å²) >= 11 is 0. The molecule has 0 N–H and O–H groups in total. The summed E-state index contributed by atoms with van der Waals surface area (Å²) in [6.07, 6.45) is 5.39. The van der Waals surface area contributed by atoms with E-state index in [0.29, 0.717) is 17.5 Å². The third-order valence-corrected chi connectivity index (χ3v) is 11.5. The molecular formula is C55H36N4. The third-order valence-electron chi connectivity index (χ3n) is 11.5. The average Bonchev–Trinajstić information content (AvgIpc) is 3.66. The first kappa shape index (κ1) is 34.3. The van der Waals surface area contributed by atoms with Gasteiger partial charge in [0.2, 0.25) is 0 Å². The van der Waals surface area contributed by atoms with Gasteiger partial charge in [0.15, 0.2) is 17.5 Å². The van der Waals surface area contributed by atoms with Crippen LogP contribution in [0.5, 0.6) is 0 Å². The molecule has 0 radical (unpaired) electrons. The summed E-state index contributed by atoms with van der Waals surface area (Å²) in [4.78, 5) is 15.3. The number of fused-ring (bicyclic) bond motifs is 5. The van der Waals surface area contributed by atoms with E-state index in [1.54, 1.807) is 12.2 Å². The molecule has 4 nitrogen and oxygen atoms in total. The summed E-state index contributed by atoms with van der Waals surface area (Å²) in [7, 11) is 0. The Kier molecular flexibility index (Phi) is 8.09. The molecule has 2 heterocycles. The zero-order valence-electron chi connectivity index (χ0n) is 32.2. The van der Waals surface area contributed by atoms with Crippen LogP contribution in [0.2, 0.25) is 0 Å². The second kappa shape index (κ2) is 13.9. The number of para-hydroxylation sites is 1. The van der Waals surface area contributed by atoms with Crippen molar-refractivity contribution in [2.45, 2.75) is 0 Å². The zero-order valence-corrected chi connectivity index (χ0v) is 32.2. The van der Waals surface area contributed by atoms with Crippen LogP contribution in [0.15, 0.2) is 207 Å². The molecule has 0 atom stereocenters. The lowest BCUT2D eigenvalue weighted by Gasteiger charge is -2.15. The lowest BCUT2D eigenvalue weighted by atomic mass is 9.91. The maximum Gasteiger partial charge on any atom is 0.164 e. The van der Waals surface area contributed by atoms with Crippen molar-refractivity contribution < 1.29 is 0 Å². The van der Waals surface area contributed by atoms with Gasteiger partial charge >= 0.3 is 0 Å². The number of hydrogen-bond donors (Lipinski definition) is 0. The molecule has 2 aromatic heterocycles. The molecule has 9 aromatic carbocycles. The lowest BCUT2D eigenvalue weighted by Crippen LogP contribution is -2.03. The minimum absolute atomic E-state index is 0.529. The maximum atomic E-state index is 5.19. The normalized spacial score (nSPS) is 12.0. The summed E-state index contributed by atoms with van der Waals surface area (Å²) in [6.45, 7) is 8.04.